The van der Waals surface area contributed by atoms with Gasteiger partial charge in [0.2, 0.25) is 0 Å². The van der Waals surface area contributed by atoms with Crippen LogP contribution in [0.3, 0.4) is 0 Å². The minimum absolute atomic E-state index is 1.23. The minimum Gasteiger partial charge on any atom is -0.105 e. The van der Waals surface area contributed by atoms with E-state index in [9.17, 15) is 0 Å². The van der Waals surface area contributed by atoms with Gasteiger partial charge in [-0.3, -0.25) is 0 Å². The summed E-state index contributed by atoms with van der Waals surface area (Å²) in [4.78, 5) is 0. The lowest BCUT2D eigenvalue weighted by Gasteiger charge is -2.07. The molecule has 0 aliphatic rings. The van der Waals surface area contributed by atoms with E-state index in [0.717, 1.165) is 0 Å². The van der Waals surface area contributed by atoms with Gasteiger partial charge in [-0.05, 0) is 21.7 Å². The molecule has 0 aliphatic heterocycles. The first-order valence-electron chi connectivity index (χ1n) is 4.48. The second-order valence-corrected chi connectivity index (χ2v) is 4.37. The van der Waals surface area contributed by atoms with Crippen LogP contribution >= 0.6 is 18.5 Å². The smallest absolute Gasteiger partial charge is 0.0106 e. The molecule has 0 saturated carbocycles. The summed E-state index contributed by atoms with van der Waals surface area (Å²) in [5.41, 5.74) is 2.55. The Morgan fingerprint density at radius 1 is 0.714 bits per heavy atom. The molecule has 14 heavy (non-hydrogen) atoms. The molecule has 70 valence electrons. The third-order valence-electron chi connectivity index (χ3n) is 2.22. The zero-order chi connectivity index (χ0) is 9.97. The normalized spacial score (nSPS) is 10.1. The van der Waals surface area contributed by atoms with Crippen molar-refractivity contribution in [3.63, 3.8) is 0 Å². The molecular formula is C12H12P2. The van der Waals surface area contributed by atoms with Gasteiger partial charge in [-0.2, -0.15) is 0 Å². The molecule has 2 rings (SSSR count). The number of benzene rings is 2. The molecule has 0 aliphatic carbocycles. The maximum absolute atomic E-state index is 2.80. The zero-order valence-electron chi connectivity index (χ0n) is 7.77. The fraction of sp³-hybridized carbons (Fsp3) is 0. The Balaban J connectivity index is 2.58. The quantitative estimate of drug-likeness (QED) is 0.644. The van der Waals surface area contributed by atoms with Crippen molar-refractivity contribution >= 4 is 29.1 Å². The third-order valence-corrected chi connectivity index (χ3v) is 3.71. The van der Waals surface area contributed by atoms with Gasteiger partial charge in [-0.25, -0.2) is 0 Å². The van der Waals surface area contributed by atoms with Crippen LogP contribution in [-0.2, 0) is 0 Å². The van der Waals surface area contributed by atoms with Crippen molar-refractivity contribution in [1.82, 2.24) is 0 Å². The summed E-state index contributed by atoms with van der Waals surface area (Å²) in [5, 5.41) is 2.49. The van der Waals surface area contributed by atoms with Crippen molar-refractivity contribution in [2.45, 2.75) is 0 Å². The van der Waals surface area contributed by atoms with E-state index in [1.807, 2.05) is 6.07 Å². The van der Waals surface area contributed by atoms with Crippen LogP contribution in [0.25, 0.3) is 11.1 Å². The van der Waals surface area contributed by atoms with Crippen LogP contribution in [0, 0.1) is 0 Å². The minimum atomic E-state index is 1.23. The molecule has 0 spiro atoms. The largest absolute Gasteiger partial charge is 0.105 e. The van der Waals surface area contributed by atoms with Crippen molar-refractivity contribution in [3.05, 3.63) is 48.5 Å². The highest BCUT2D eigenvalue weighted by molar-refractivity contribution is 7.36. The van der Waals surface area contributed by atoms with Gasteiger partial charge in [0, 0.05) is 0 Å². The Kier molecular flexibility index (Phi) is 2.96. The predicted molar refractivity (Wildman–Crippen MR) is 70.6 cm³/mol. The Morgan fingerprint density at radius 3 is 2.14 bits per heavy atom. The monoisotopic (exact) mass is 218 g/mol. The molecule has 0 bridgehead atoms. The topological polar surface area (TPSA) is 0 Å². The van der Waals surface area contributed by atoms with E-state index >= 15 is 0 Å². The molecule has 0 fully saturated rings. The average Bonchev–Trinajstić information content (AvgIpc) is 2.23. The number of rotatable bonds is 1. The molecule has 0 radical (unpaired) electrons. The number of hydrogen-bond acceptors (Lipinski definition) is 0. The second-order valence-electron chi connectivity index (χ2n) is 3.17. The van der Waals surface area contributed by atoms with E-state index < -0.39 is 0 Å². The van der Waals surface area contributed by atoms with Gasteiger partial charge in [0.15, 0.2) is 0 Å². The molecule has 0 nitrogen and oxygen atoms in total. The summed E-state index contributed by atoms with van der Waals surface area (Å²) in [5.74, 6) is 0. The van der Waals surface area contributed by atoms with Gasteiger partial charge in [-0.1, -0.05) is 48.5 Å². The van der Waals surface area contributed by atoms with Crippen LogP contribution < -0.4 is 10.6 Å². The molecule has 2 atom stereocenters. The fourth-order valence-electron chi connectivity index (χ4n) is 1.45. The zero-order valence-corrected chi connectivity index (χ0v) is 10.1. The van der Waals surface area contributed by atoms with Crippen molar-refractivity contribution in [3.8, 4) is 11.1 Å². The van der Waals surface area contributed by atoms with Gasteiger partial charge >= 0.3 is 0 Å². The molecule has 0 N–H and O–H groups in total. The summed E-state index contributed by atoms with van der Waals surface area (Å²) in [6, 6.07) is 16.8. The molecule has 0 amide bonds. The van der Waals surface area contributed by atoms with Gasteiger partial charge < -0.3 is 0 Å². The van der Waals surface area contributed by atoms with Crippen LogP contribution in [0.4, 0.5) is 0 Å². The summed E-state index contributed by atoms with van der Waals surface area (Å²) < 4.78 is 0. The average molecular weight is 218 g/mol. The standard InChI is InChI=1S/C12H12P2/c13-11-8-4-7-10(12(11)14)9-5-2-1-3-6-9/h1-8H,13-14H2. The van der Waals surface area contributed by atoms with E-state index in [0.29, 0.717) is 0 Å². The molecule has 0 saturated heterocycles. The van der Waals surface area contributed by atoms with Gasteiger partial charge in [0.1, 0.15) is 0 Å². The Morgan fingerprint density at radius 2 is 1.43 bits per heavy atom. The van der Waals surface area contributed by atoms with E-state index in [4.69, 9.17) is 0 Å². The highest BCUT2D eigenvalue weighted by atomic mass is 31.0. The first kappa shape index (κ1) is 9.84. The fourth-order valence-corrected chi connectivity index (χ4v) is 2.08. The van der Waals surface area contributed by atoms with Gasteiger partial charge in [0.25, 0.3) is 0 Å². The van der Waals surface area contributed by atoms with Gasteiger partial charge in [-0.15, -0.1) is 18.5 Å². The SMILES string of the molecule is Pc1cccc(-c2ccccc2)c1P. The first-order chi connectivity index (χ1) is 6.79. The third kappa shape index (κ3) is 1.87. The summed E-state index contributed by atoms with van der Waals surface area (Å²) in [6.07, 6.45) is 0. The van der Waals surface area contributed by atoms with E-state index in [2.05, 4.69) is 60.9 Å². The highest BCUT2D eigenvalue weighted by Crippen LogP contribution is 2.17. The highest BCUT2D eigenvalue weighted by Gasteiger charge is 2.02. The lowest BCUT2D eigenvalue weighted by atomic mass is 10.1. The van der Waals surface area contributed by atoms with Crippen LogP contribution in [0.1, 0.15) is 0 Å². The van der Waals surface area contributed by atoms with Crippen molar-refractivity contribution in [1.29, 1.82) is 0 Å². The molecule has 0 aromatic heterocycles. The number of hydrogen-bond donors (Lipinski definition) is 0. The van der Waals surface area contributed by atoms with E-state index in [1.54, 1.807) is 0 Å². The summed E-state index contributed by atoms with van der Waals surface area (Å²) in [6.45, 7) is 0. The van der Waals surface area contributed by atoms with E-state index in [1.165, 1.54) is 21.7 Å². The molecule has 2 aromatic carbocycles. The molecule has 0 heterocycles. The Hall–Kier alpha value is -0.700. The lowest BCUT2D eigenvalue weighted by Crippen LogP contribution is -2.12. The van der Waals surface area contributed by atoms with E-state index in [-0.39, 0.29) is 0 Å². The van der Waals surface area contributed by atoms with Crippen LogP contribution in [0.2, 0.25) is 0 Å². The molecule has 2 aromatic rings. The lowest BCUT2D eigenvalue weighted by molar-refractivity contribution is 1.66. The van der Waals surface area contributed by atoms with Gasteiger partial charge in [0.05, 0.1) is 0 Å². The first-order valence-corrected chi connectivity index (χ1v) is 5.64. The molecule has 2 heteroatoms. The Labute approximate surface area is 89.1 Å². The maximum atomic E-state index is 2.80. The predicted octanol–water partition coefficient (Wildman–Crippen LogP) is 2.35. The van der Waals surface area contributed by atoms with Crippen molar-refractivity contribution in [2.75, 3.05) is 0 Å². The summed E-state index contributed by atoms with van der Waals surface area (Å²) >= 11 is 0. The van der Waals surface area contributed by atoms with Crippen LogP contribution in [0.15, 0.2) is 48.5 Å². The molecular weight excluding hydrogens is 206 g/mol. The van der Waals surface area contributed by atoms with Crippen LogP contribution in [0.5, 0.6) is 0 Å². The van der Waals surface area contributed by atoms with Crippen LogP contribution in [-0.4, -0.2) is 0 Å². The van der Waals surface area contributed by atoms with Crippen molar-refractivity contribution in [2.24, 2.45) is 0 Å². The summed E-state index contributed by atoms with van der Waals surface area (Å²) in [7, 11) is 5.55. The molecule has 2 unspecified atom stereocenters. The Bertz CT molecular complexity index is 435. The van der Waals surface area contributed by atoms with Crippen molar-refractivity contribution < 1.29 is 0 Å². The maximum Gasteiger partial charge on any atom is -0.0106 e. The second kappa shape index (κ2) is 4.22.